The molecule has 7 heteroatoms. The molecule has 0 bridgehead atoms. The highest BCUT2D eigenvalue weighted by Gasteiger charge is 2.18. The number of hydrogen-bond acceptors (Lipinski definition) is 4. The Morgan fingerprint density at radius 1 is 1.17 bits per heavy atom. The molecule has 0 spiro atoms. The topological polar surface area (TPSA) is 54.0 Å². The van der Waals surface area contributed by atoms with Gasteiger partial charge in [-0.25, -0.2) is 9.18 Å². The Morgan fingerprint density at radius 2 is 1.90 bits per heavy atom. The van der Waals surface area contributed by atoms with E-state index < -0.39 is 0 Å². The van der Waals surface area contributed by atoms with Gasteiger partial charge in [0.2, 0.25) is 0 Å². The first kappa shape index (κ1) is 21.1. The second-order valence-corrected chi connectivity index (χ2v) is 6.95. The van der Waals surface area contributed by atoms with Crippen LogP contribution in [0.4, 0.5) is 14.9 Å². The van der Waals surface area contributed by atoms with Crippen LogP contribution in [0.3, 0.4) is 0 Å². The summed E-state index contributed by atoms with van der Waals surface area (Å²) in [7, 11) is 1.56. The number of benzene rings is 2. The van der Waals surface area contributed by atoms with Gasteiger partial charge in [-0.2, -0.15) is 0 Å². The summed E-state index contributed by atoms with van der Waals surface area (Å²) in [6.45, 7) is 4.89. The van der Waals surface area contributed by atoms with Crippen LogP contribution in [0.5, 0.6) is 5.75 Å². The summed E-state index contributed by atoms with van der Waals surface area (Å²) in [6.07, 6.45) is 0.799. The maximum Gasteiger partial charge on any atom is 0.322 e. The molecule has 6 nitrogen and oxygen atoms in total. The van der Waals surface area contributed by atoms with E-state index in [1.165, 1.54) is 6.07 Å². The van der Waals surface area contributed by atoms with Gasteiger partial charge in [0.15, 0.2) is 0 Å². The number of ether oxygens (including phenoxy) is 2. The number of para-hydroxylation sites is 2. The number of anilines is 1. The smallest absolute Gasteiger partial charge is 0.322 e. The summed E-state index contributed by atoms with van der Waals surface area (Å²) in [4.78, 5) is 16.9. The Hall–Kier alpha value is -2.64. The van der Waals surface area contributed by atoms with Crippen LogP contribution in [0.25, 0.3) is 0 Å². The quantitative estimate of drug-likeness (QED) is 0.735. The predicted octanol–water partition coefficient (Wildman–Crippen LogP) is 3.59. The molecule has 2 amide bonds. The van der Waals surface area contributed by atoms with Crippen LogP contribution in [-0.4, -0.2) is 62.3 Å². The maximum atomic E-state index is 14.2. The zero-order valence-electron chi connectivity index (χ0n) is 16.8. The monoisotopic (exact) mass is 401 g/mol. The highest BCUT2D eigenvalue weighted by atomic mass is 19.1. The summed E-state index contributed by atoms with van der Waals surface area (Å²) in [6, 6.07) is 13.5. The number of urea groups is 1. The molecule has 1 saturated heterocycles. The minimum Gasteiger partial charge on any atom is -0.495 e. The van der Waals surface area contributed by atoms with E-state index in [4.69, 9.17) is 9.47 Å². The van der Waals surface area contributed by atoms with Crippen molar-refractivity contribution < 1.29 is 18.7 Å². The number of carbonyl (C=O) groups is 1. The average molecular weight is 401 g/mol. The third kappa shape index (κ3) is 6.17. The fraction of sp³-hybridized carbons (Fsp3) is 0.409. The van der Waals surface area contributed by atoms with Crippen molar-refractivity contribution in [3.8, 4) is 5.75 Å². The number of carbonyl (C=O) groups excluding carboxylic acids is 1. The summed E-state index contributed by atoms with van der Waals surface area (Å²) in [5, 5.41) is 2.90. The van der Waals surface area contributed by atoms with E-state index in [9.17, 15) is 9.18 Å². The molecule has 1 N–H and O–H groups in total. The van der Waals surface area contributed by atoms with Gasteiger partial charge in [-0.1, -0.05) is 30.3 Å². The van der Waals surface area contributed by atoms with Crippen LogP contribution < -0.4 is 10.1 Å². The van der Waals surface area contributed by atoms with Gasteiger partial charge >= 0.3 is 6.03 Å². The van der Waals surface area contributed by atoms with Crippen molar-refractivity contribution in [3.05, 3.63) is 59.9 Å². The first-order valence-electron chi connectivity index (χ1n) is 9.90. The largest absolute Gasteiger partial charge is 0.495 e. The van der Waals surface area contributed by atoms with Crippen molar-refractivity contribution in [2.45, 2.75) is 13.0 Å². The van der Waals surface area contributed by atoms with Crippen molar-refractivity contribution in [1.29, 1.82) is 0 Å². The van der Waals surface area contributed by atoms with Gasteiger partial charge < -0.3 is 19.7 Å². The number of morpholine rings is 1. The van der Waals surface area contributed by atoms with E-state index in [0.29, 0.717) is 23.5 Å². The Balaban J connectivity index is 1.67. The maximum absolute atomic E-state index is 14.2. The van der Waals surface area contributed by atoms with Crippen LogP contribution in [0.1, 0.15) is 12.0 Å². The predicted molar refractivity (Wildman–Crippen MR) is 111 cm³/mol. The molecule has 2 aromatic carbocycles. The number of methoxy groups -OCH3 is 1. The van der Waals surface area contributed by atoms with Crippen LogP contribution in [0.15, 0.2) is 48.5 Å². The molecule has 0 atom stereocenters. The zero-order valence-corrected chi connectivity index (χ0v) is 16.8. The molecule has 1 aliphatic rings. The highest BCUT2D eigenvalue weighted by Crippen LogP contribution is 2.23. The van der Waals surface area contributed by atoms with E-state index >= 15 is 0 Å². The molecule has 3 rings (SSSR count). The van der Waals surface area contributed by atoms with Crippen LogP contribution in [0.2, 0.25) is 0 Å². The Morgan fingerprint density at radius 3 is 2.66 bits per heavy atom. The molecule has 0 aromatic heterocycles. The third-order valence-corrected chi connectivity index (χ3v) is 4.96. The summed E-state index contributed by atoms with van der Waals surface area (Å²) in [5.74, 6) is 0.274. The van der Waals surface area contributed by atoms with E-state index in [2.05, 4.69) is 10.2 Å². The molecule has 0 unspecified atom stereocenters. The molecule has 2 aromatic rings. The second kappa shape index (κ2) is 10.8. The van der Waals surface area contributed by atoms with Gasteiger partial charge in [0.25, 0.3) is 0 Å². The molecular formula is C22H28FN3O3. The standard InChI is InChI=1S/C22H28FN3O3/c1-28-21-10-5-4-9-20(21)24-22(27)26(17-18-7-2-3-8-19(18)23)12-6-11-25-13-15-29-16-14-25/h2-5,7-10H,6,11-17H2,1H3,(H,24,27). The van der Waals surface area contributed by atoms with Gasteiger partial charge in [-0.15, -0.1) is 0 Å². The van der Waals surface area contributed by atoms with Crippen LogP contribution in [0, 0.1) is 5.82 Å². The molecule has 156 valence electrons. The van der Waals surface area contributed by atoms with Gasteiger partial charge in [0.1, 0.15) is 11.6 Å². The fourth-order valence-electron chi connectivity index (χ4n) is 3.34. The van der Waals surface area contributed by atoms with Crippen LogP contribution >= 0.6 is 0 Å². The number of hydrogen-bond donors (Lipinski definition) is 1. The number of rotatable bonds is 8. The molecule has 1 fully saturated rings. The lowest BCUT2D eigenvalue weighted by Crippen LogP contribution is -2.40. The van der Waals surface area contributed by atoms with Crippen molar-refractivity contribution >= 4 is 11.7 Å². The minimum atomic E-state index is -0.309. The molecule has 29 heavy (non-hydrogen) atoms. The normalized spacial score (nSPS) is 14.4. The zero-order chi connectivity index (χ0) is 20.5. The summed E-state index contributed by atoms with van der Waals surface area (Å²) >= 11 is 0. The minimum absolute atomic E-state index is 0.205. The van der Waals surface area contributed by atoms with Gasteiger partial charge in [-0.3, -0.25) is 4.90 Å². The number of halogens is 1. The first-order chi connectivity index (χ1) is 14.2. The SMILES string of the molecule is COc1ccccc1NC(=O)N(CCCN1CCOCC1)Cc1ccccc1F. The molecule has 1 aliphatic heterocycles. The van der Waals surface area contributed by atoms with Gasteiger partial charge in [-0.05, 0) is 24.6 Å². The first-order valence-corrected chi connectivity index (χ1v) is 9.90. The Kier molecular flexibility index (Phi) is 7.84. The van der Waals surface area contributed by atoms with Crippen molar-refractivity contribution in [3.63, 3.8) is 0 Å². The van der Waals surface area contributed by atoms with Crippen molar-refractivity contribution in [2.24, 2.45) is 0 Å². The van der Waals surface area contributed by atoms with E-state index in [1.807, 2.05) is 12.1 Å². The van der Waals surface area contributed by atoms with Crippen LogP contribution in [-0.2, 0) is 11.3 Å². The van der Waals surface area contributed by atoms with Gasteiger partial charge in [0.05, 0.1) is 32.6 Å². The lowest BCUT2D eigenvalue weighted by Gasteiger charge is -2.28. The lowest BCUT2D eigenvalue weighted by atomic mass is 10.2. The lowest BCUT2D eigenvalue weighted by molar-refractivity contribution is 0.0365. The second-order valence-electron chi connectivity index (χ2n) is 6.95. The molecule has 0 saturated carbocycles. The summed E-state index contributed by atoms with van der Waals surface area (Å²) in [5.41, 5.74) is 1.08. The highest BCUT2D eigenvalue weighted by molar-refractivity contribution is 5.91. The van der Waals surface area contributed by atoms with E-state index in [-0.39, 0.29) is 18.4 Å². The third-order valence-electron chi connectivity index (χ3n) is 4.96. The average Bonchev–Trinajstić information content (AvgIpc) is 2.75. The van der Waals surface area contributed by atoms with Crippen molar-refractivity contribution in [1.82, 2.24) is 9.80 Å². The fourth-order valence-corrected chi connectivity index (χ4v) is 3.34. The number of nitrogens with one attached hydrogen (secondary N) is 1. The van der Waals surface area contributed by atoms with Crippen molar-refractivity contribution in [2.75, 3.05) is 51.8 Å². The van der Waals surface area contributed by atoms with E-state index in [0.717, 1.165) is 39.3 Å². The molecular weight excluding hydrogens is 373 g/mol. The molecule has 0 aliphatic carbocycles. The summed E-state index contributed by atoms with van der Waals surface area (Å²) < 4.78 is 24.9. The number of amides is 2. The van der Waals surface area contributed by atoms with Gasteiger partial charge in [0, 0.05) is 31.7 Å². The Labute approximate surface area is 171 Å². The molecule has 0 radical (unpaired) electrons. The molecule has 1 heterocycles. The number of nitrogens with zero attached hydrogens (tertiary/aromatic N) is 2. The Bertz CT molecular complexity index is 796. The van der Waals surface area contributed by atoms with E-state index in [1.54, 1.807) is 42.3 Å².